The van der Waals surface area contributed by atoms with Gasteiger partial charge >= 0.3 is 0 Å². The van der Waals surface area contributed by atoms with Crippen molar-refractivity contribution in [2.75, 3.05) is 33.3 Å². The first kappa shape index (κ1) is 21.7. The van der Waals surface area contributed by atoms with Crippen LogP contribution in [0.3, 0.4) is 0 Å². The van der Waals surface area contributed by atoms with Crippen LogP contribution in [0.25, 0.3) is 10.8 Å². The molecule has 10 heteroatoms. The highest BCUT2D eigenvalue weighted by molar-refractivity contribution is 7.89. The Morgan fingerprint density at radius 3 is 2.73 bits per heavy atom. The van der Waals surface area contributed by atoms with Crippen LogP contribution in [0.4, 0.5) is 0 Å². The van der Waals surface area contributed by atoms with Gasteiger partial charge in [0.05, 0.1) is 18.6 Å². The second kappa shape index (κ2) is 8.80. The summed E-state index contributed by atoms with van der Waals surface area (Å²) in [6.07, 6.45) is 2.60. The van der Waals surface area contributed by atoms with Crippen LogP contribution in [-0.2, 0) is 19.6 Å². The smallest absolute Gasteiger partial charge is 0.244 e. The number of hydrogen-bond donors (Lipinski definition) is 1. The molecule has 0 unspecified atom stereocenters. The van der Waals surface area contributed by atoms with Gasteiger partial charge in [-0.1, -0.05) is 12.6 Å². The summed E-state index contributed by atoms with van der Waals surface area (Å²) in [5.41, 5.74) is 0. The molecule has 0 bridgehead atoms. The molecule has 1 fully saturated rings. The lowest BCUT2D eigenvalue weighted by Crippen LogP contribution is -2.56. The molecule has 0 spiro atoms. The first-order chi connectivity index (χ1) is 14.3. The Bertz CT molecular complexity index is 1090. The third-order valence-corrected chi connectivity index (χ3v) is 7.10. The minimum Gasteiger partial charge on any atom is -0.481 e. The van der Waals surface area contributed by atoms with E-state index in [-0.39, 0.29) is 37.0 Å². The summed E-state index contributed by atoms with van der Waals surface area (Å²) in [5.74, 6) is -0.344. The van der Waals surface area contributed by atoms with Crippen molar-refractivity contribution >= 4 is 32.6 Å². The standard InChI is InChI=1S/C20H24N4O5S/c1-4-18(25)22-12-19(26)23-10-11-24(14(2)13-23)30(27,28)17-7-5-6-16-15(17)8-9-21-20(16)29-3/h4-9,14H,1,10-13H2,2-3H3,(H,22,25)/t14-/m0/s1. The van der Waals surface area contributed by atoms with Gasteiger partial charge in [0, 0.05) is 42.6 Å². The van der Waals surface area contributed by atoms with Gasteiger partial charge < -0.3 is 15.0 Å². The van der Waals surface area contributed by atoms with Crippen LogP contribution < -0.4 is 10.1 Å². The van der Waals surface area contributed by atoms with Crippen molar-refractivity contribution in [1.29, 1.82) is 0 Å². The van der Waals surface area contributed by atoms with Gasteiger partial charge in [-0.2, -0.15) is 4.31 Å². The predicted octanol–water partition coefficient (Wildman–Crippen LogP) is 0.767. The zero-order valence-electron chi connectivity index (χ0n) is 16.9. The summed E-state index contributed by atoms with van der Waals surface area (Å²) in [6, 6.07) is 6.20. The molecule has 0 aliphatic carbocycles. The highest BCUT2D eigenvalue weighted by Crippen LogP contribution is 2.31. The summed E-state index contributed by atoms with van der Waals surface area (Å²) >= 11 is 0. The fraction of sp³-hybridized carbons (Fsp3) is 0.350. The third kappa shape index (κ3) is 4.14. The van der Waals surface area contributed by atoms with Gasteiger partial charge in [-0.05, 0) is 31.2 Å². The Kier molecular flexibility index (Phi) is 6.37. The second-order valence-corrected chi connectivity index (χ2v) is 8.76. The molecule has 1 N–H and O–H groups in total. The van der Waals surface area contributed by atoms with Crippen LogP contribution in [0.5, 0.6) is 5.88 Å². The second-order valence-electron chi connectivity index (χ2n) is 6.90. The maximum Gasteiger partial charge on any atom is 0.244 e. The number of benzene rings is 1. The van der Waals surface area contributed by atoms with Crippen molar-refractivity contribution < 1.29 is 22.7 Å². The van der Waals surface area contributed by atoms with Crippen molar-refractivity contribution in [1.82, 2.24) is 19.5 Å². The molecule has 0 saturated carbocycles. The molecule has 9 nitrogen and oxygen atoms in total. The minimum atomic E-state index is -3.81. The van der Waals surface area contributed by atoms with E-state index in [1.165, 1.54) is 17.6 Å². The number of hydrogen-bond acceptors (Lipinski definition) is 6. The summed E-state index contributed by atoms with van der Waals surface area (Å²) in [5, 5.41) is 3.59. The fourth-order valence-corrected chi connectivity index (χ4v) is 5.36. The SMILES string of the molecule is C=CC(=O)NCC(=O)N1CCN(S(=O)(=O)c2cccc3c(OC)nccc23)[C@@H](C)C1. The third-order valence-electron chi connectivity index (χ3n) is 5.03. The van der Waals surface area contributed by atoms with Crippen molar-refractivity contribution in [2.24, 2.45) is 0 Å². The summed E-state index contributed by atoms with van der Waals surface area (Å²) in [6.45, 7) is 5.57. The van der Waals surface area contributed by atoms with Gasteiger partial charge in [0.2, 0.25) is 27.7 Å². The molecule has 160 valence electrons. The van der Waals surface area contributed by atoms with Crippen LogP contribution in [0.15, 0.2) is 48.0 Å². The summed E-state index contributed by atoms with van der Waals surface area (Å²) in [7, 11) is -2.33. The van der Waals surface area contributed by atoms with E-state index in [0.717, 1.165) is 6.08 Å². The lowest BCUT2D eigenvalue weighted by Gasteiger charge is -2.39. The molecule has 2 heterocycles. The first-order valence-electron chi connectivity index (χ1n) is 9.41. The number of fused-ring (bicyclic) bond motifs is 1. The molecule has 1 saturated heterocycles. The van der Waals surface area contributed by atoms with Crippen molar-refractivity contribution in [2.45, 2.75) is 17.9 Å². The number of pyridine rings is 1. The first-order valence-corrected chi connectivity index (χ1v) is 10.8. The molecular formula is C20H24N4O5S. The van der Waals surface area contributed by atoms with E-state index in [2.05, 4.69) is 16.9 Å². The van der Waals surface area contributed by atoms with Gasteiger partial charge in [0.1, 0.15) is 0 Å². The average Bonchev–Trinajstić information content (AvgIpc) is 2.75. The number of aromatic nitrogens is 1. The molecule has 1 aromatic carbocycles. The molecule has 0 radical (unpaired) electrons. The van der Waals surface area contributed by atoms with Crippen molar-refractivity contribution in [3.8, 4) is 5.88 Å². The van der Waals surface area contributed by atoms with E-state index in [1.807, 2.05) is 0 Å². The topological polar surface area (TPSA) is 109 Å². The number of piperazine rings is 1. The van der Waals surface area contributed by atoms with Gasteiger partial charge in [-0.3, -0.25) is 9.59 Å². The maximum atomic E-state index is 13.4. The summed E-state index contributed by atoms with van der Waals surface area (Å²) < 4.78 is 33.5. The lowest BCUT2D eigenvalue weighted by atomic mass is 10.2. The molecule has 2 aromatic rings. The van der Waals surface area contributed by atoms with Gasteiger partial charge in [0.15, 0.2) is 0 Å². The van der Waals surface area contributed by atoms with Gasteiger partial charge in [-0.15, -0.1) is 0 Å². The van der Waals surface area contributed by atoms with E-state index >= 15 is 0 Å². The van der Waals surface area contributed by atoms with E-state index in [9.17, 15) is 18.0 Å². The highest BCUT2D eigenvalue weighted by atomic mass is 32.2. The minimum absolute atomic E-state index is 0.152. The number of sulfonamides is 1. The monoisotopic (exact) mass is 432 g/mol. The molecule has 1 aliphatic heterocycles. The van der Waals surface area contributed by atoms with E-state index in [1.54, 1.807) is 36.1 Å². The Hall–Kier alpha value is -2.98. The number of carbonyl (C=O) groups excluding carboxylic acids is 2. The highest BCUT2D eigenvalue weighted by Gasteiger charge is 2.36. The largest absolute Gasteiger partial charge is 0.481 e. The van der Waals surface area contributed by atoms with Crippen LogP contribution in [0, 0.1) is 0 Å². The Morgan fingerprint density at radius 1 is 1.30 bits per heavy atom. The van der Waals surface area contributed by atoms with Crippen molar-refractivity contribution in [3.63, 3.8) is 0 Å². The zero-order chi connectivity index (χ0) is 21.9. The molecular weight excluding hydrogens is 408 g/mol. The normalized spacial score (nSPS) is 17.5. The van der Waals surface area contributed by atoms with Crippen LogP contribution >= 0.6 is 0 Å². The molecule has 3 rings (SSSR count). The Balaban J connectivity index is 1.82. The van der Waals surface area contributed by atoms with Gasteiger partial charge in [0.25, 0.3) is 0 Å². The number of nitrogens with one attached hydrogen (secondary N) is 1. The van der Waals surface area contributed by atoms with Crippen LogP contribution in [0.2, 0.25) is 0 Å². The number of nitrogens with zero attached hydrogens (tertiary/aromatic N) is 3. The number of methoxy groups -OCH3 is 1. The number of amides is 2. The summed E-state index contributed by atoms with van der Waals surface area (Å²) in [4.78, 5) is 29.4. The zero-order valence-corrected chi connectivity index (χ0v) is 17.7. The maximum absolute atomic E-state index is 13.4. The molecule has 1 aromatic heterocycles. The molecule has 2 amide bonds. The Morgan fingerprint density at radius 2 is 2.07 bits per heavy atom. The molecule has 30 heavy (non-hydrogen) atoms. The Labute approximate surface area is 175 Å². The number of rotatable bonds is 6. The van der Waals surface area contributed by atoms with Crippen molar-refractivity contribution in [3.05, 3.63) is 43.1 Å². The fourth-order valence-electron chi connectivity index (χ4n) is 3.54. The molecule has 1 atom stereocenters. The van der Waals surface area contributed by atoms with E-state index in [4.69, 9.17) is 4.74 Å². The predicted molar refractivity (Wildman–Crippen MR) is 111 cm³/mol. The van der Waals surface area contributed by atoms with Crippen LogP contribution in [-0.4, -0.2) is 73.8 Å². The van der Waals surface area contributed by atoms with E-state index < -0.39 is 22.0 Å². The van der Waals surface area contributed by atoms with E-state index in [0.29, 0.717) is 16.7 Å². The quantitative estimate of drug-likeness (QED) is 0.676. The lowest BCUT2D eigenvalue weighted by molar-refractivity contribution is -0.133. The number of ether oxygens (including phenoxy) is 1. The van der Waals surface area contributed by atoms with Crippen LogP contribution in [0.1, 0.15) is 6.92 Å². The number of carbonyl (C=O) groups is 2. The van der Waals surface area contributed by atoms with Gasteiger partial charge in [-0.25, -0.2) is 13.4 Å². The average molecular weight is 433 g/mol. The molecule has 1 aliphatic rings.